The lowest BCUT2D eigenvalue weighted by molar-refractivity contribution is 0.148. The van der Waals surface area contributed by atoms with Crippen molar-refractivity contribution in [1.82, 2.24) is 5.32 Å². The third-order valence-electron chi connectivity index (χ3n) is 3.23. The fraction of sp³-hybridized carbons (Fsp3) is 0.538. The van der Waals surface area contributed by atoms with Crippen LogP contribution in [0, 0.1) is 0 Å². The monoisotopic (exact) mass is 221 g/mol. The number of benzene rings is 1. The Morgan fingerprint density at radius 1 is 1.38 bits per heavy atom. The van der Waals surface area contributed by atoms with E-state index >= 15 is 0 Å². The third-order valence-corrected chi connectivity index (χ3v) is 3.23. The van der Waals surface area contributed by atoms with Crippen LogP contribution >= 0.6 is 0 Å². The number of para-hydroxylation sites is 1. The van der Waals surface area contributed by atoms with Crippen LogP contribution in [0.2, 0.25) is 0 Å². The number of nitrogens with one attached hydrogen (secondary N) is 1. The lowest BCUT2D eigenvalue weighted by Gasteiger charge is -2.17. The summed E-state index contributed by atoms with van der Waals surface area (Å²) in [4.78, 5) is 0. The van der Waals surface area contributed by atoms with Crippen molar-refractivity contribution in [1.29, 1.82) is 0 Å². The Labute approximate surface area is 96.4 Å². The Morgan fingerprint density at radius 3 is 2.88 bits per heavy atom. The fourth-order valence-electron chi connectivity index (χ4n) is 2.27. The molecule has 2 atom stereocenters. The Balaban J connectivity index is 1.93. The van der Waals surface area contributed by atoms with Gasteiger partial charge in [0.1, 0.15) is 5.75 Å². The van der Waals surface area contributed by atoms with Gasteiger partial charge in [0.05, 0.1) is 13.2 Å². The summed E-state index contributed by atoms with van der Waals surface area (Å²) in [5, 5.41) is 13.1. The van der Waals surface area contributed by atoms with Crippen LogP contribution < -0.4 is 10.1 Å². The number of ether oxygens (including phenoxy) is 1. The summed E-state index contributed by atoms with van der Waals surface area (Å²) in [5.41, 5.74) is 1.14. The molecule has 0 spiro atoms. The topological polar surface area (TPSA) is 41.5 Å². The van der Waals surface area contributed by atoms with Crippen LogP contribution in [0.5, 0.6) is 5.75 Å². The number of hydrogen-bond acceptors (Lipinski definition) is 3. The van der Waals surface area contributed by atoms with Gasteiger partial charge in [0, 0.05) is 18.2 Å². The molecule has 0 bridgehead atoms. The van der Waals surface area contributed by atoms with Gasteiger partial charge in [0.25, 0.3) is 0 Å². The molecule has 0 aliphatic heterocycles. The minimum atomic E-state index is -0.185. The predicted octanol–water partition coefficient (Wildman–Crippen LogP) is 1.70. The lowest BCUT2D eigenvalue weighted by atomic mass is 10.1. The summed E-state index contributed by atoms with van der Waals surface area (Å²) in [7, 11) is 1.68. The van der Waals surface area contributed by atoms with E-state index in [2.05, 4.69) is 5.32 Å². The molecule has 0 saturated heterocycles. The van der Waals surface area contributed by atoms with Crippen LogP contribution in [0.1, 0.15) is 24.8 Å². The van der Waals surface area contributed by atoms with Crippen molar-refractivity contribution in [2.24, 2.45) is 0 Å². The Kier molecular flexibility index (Phi) is 3.80. The van der Waals surface area contributed by atoms with Gasteiger partial charge in [0.15, 0.2) is 0 Å². The molecule has 2 unspecified atom stereocenters. The summed E-state index contributed by atoms with van der Waals surface area (Å²) < 4.78 is 5.28. The van der Waals surface area contributed by atoms with Gasteiger partial charge in [-0.15, -0.1) is 0 Å². The van der Waals surface area contributed by atoms with Crippen LogP contribution in [0.3, 0.4) is 0 Å². The Morgan fingerprint density at radius 2 is 2.19 bits per heavy atom. The summed E-state index contributed by atoms with van der Waals surface area (Å²) in [6, 6.07) is 8.22. The fourth-order valence-corrected chi connectivity index (χ4v) is 2.27. The highest BCUT2D eigenvalue weighted by atomic mass is 16.5. The first-order valence-corrected chi connectivity index (χ1v) is 5.84. The van der Waals surface area contributed by atoms with Gasteiger partial charge in [-0.2, -0.15) is 0 Å². The minimum Gasteiger partial charge on any atom is -0.496 e. The summed E-state index contributed by atoms with van der Waals surface area (Å²) in [5.74, 6) is 0.905. The zero-order chi connectivity index (χ0) is 11.4. The smallest absolute Gasteiger partial charge is 0.123 e. The summed E-state index contributed by atoms with van der Waals surface area (Å²) in [6.45, 7) is 0.756. The van der Waals surface area contributed by atoms with E-state index < -0.39 is 0 Å². The van der Waals surface area contributed by atoms with Crippen LogP contribution in [0.25, 0.3) is 0 Å². The minimum absolute atomic E-state index is 0.185. The molecule has 1 aliphatic carbocycles. The molecule has 2 N–H and O–H groups in total. The first kappa shape index (κ1) is 11.4. The summed E-state index contributed by atoms with van der Waals surface area (Å²) >= 11 is 0. The van der Waals surface area contributed by atoms with Crippen molar-refractivity contribution in [3.05, 3.63) is 29.8 Å². The maximum absolute atomic E-state index is 9.70. The van der Waals surface area contributed by atoms with Crippen molar-refractivity contribution in [2.75, 3.05) is 7.11 Å². The van der Waals surface area contributed by atoms with Crippen LogP contribution in [-0.4, -0.2) is 24.4 Å². The van der Waals surface area contributed by atoms with Crippen LogP contribution in [0.15, 0.2) is 24.3 Å². The molecule has 88 valence electrons. The van der Waals surface area contributed by atoms with Gasteiger partial charge in [-0.3, -0.25) is 0 Å². The Hall–Kier alpha value is -1.06. The maximum atomic E-state index is 9.70. The predicted molar refractivity (Wildman–Crippen MR) is 63.5 cm³/mol. The van der Waals surface area contributed by atoms with Gasteiger partial charge in [0.2, 0.25) is 0 Å². The molecular weight excluding hydrogens is 202 g/mol. The molecule has 3 heteroatoms. The van der Waals surface area contributed by atoms with E-state index in [0.29, 0.717) is 0 Å². The average Bonchev–Trinajstić information content (AvgIpc) is 2.72. The molecular formula is C13H19NO2. The molecule has 0 heterocycles. The maximum Gasteiger partial charge on any atom is 0.123 e. The number of methoxy groups -OCH3 is 1. The van der Waals surface area contributed by atoms with Crippen LogP contribution in [0.4, 0.5) is 0 Å². The van der Waals surface area contributed by atoms with Gasteiger partial charge in [-0.25, -0.2) is 0 Å². The molecule has 16 heavy (non-hydrogen) atoms. The zero-order valence-electron chi connectivity index (χ0n) is 9.65. The second kappa shape index (κ2) is 5.32. The highest BCUT2D eigenvalue weighted by Crippen LogP contribution is 2.21. The van der Waals surface area contributed by atoms with E-state index in [1.165, 1.54) is 0 Å². The van der Waals surface area contributed by atoms with E-state index in [4.69, 9.17) is 4.74 Å². The van der Waals surface area contributed by atoms with Gasteiger partial charge < -0.3 is 15.2 Å². The first-order valence-electron chi connectivity index (χ1n) is 5.84. The zero-order valence-corrected chi connectivity index (χ0v) is 9.65. The first-order chi connectivity index (χ1) is 7.81. The molecule has 0 aromatic heterocycles. The quantitative estimate of drug-likeness (QED) is 0.813. The van der Waals surface area contributed by atoms with E-state index in [0.717, 1.165) is 37.1 Å². The highest BCUT2D eigenvalue weighted by molar-refractivity contribution is 5.33. The molecule has 1 fully saturated rings. The van der Waals surface area contributed by atoms with E-state index in [1.807, 2.05) is 24.3 Å². The second-order valence-corrected chi connectivity index (χ2v) is 4.30. The summed E-state index contributed by atoms with van der Waals surface area (Å²) in [6.07, 6.45) is 2.92. The number of rotatable bonds is 4. The molecule has 1 aromatic rings. The SMILES string of the molecule is COc1ccccc1CNC1CCCC1O. The second-order valence-electron chi connectivity index (χ2n) is 4.30. The largest absolute Gasteiger partial charge is 0.496 e. The van der Waals surface area contributed by atoms with Gasteiger partial charge in [-0.05, 0) is 25.3 Å². The Bertz CT molecular complexity index is 340. The standard InChI is InChI=1S/C13H19NO2/c1-16-13-8-3-2-5-10(13)9-14-11-6-4-7-12(11)15/h2-3,5,8,11-12,14-15H,4,6-7,9H2,1H3. The van der Waals surface area contributed by atoms with E-state index in [9.17, 15) is 5.11 Å². The number of aliphatic hydroxyl groups excluding tert-OH is 1. The van der Waals surface area contributed by atoms with Crippen molar-refractivity contribution in [3.8, 4) is 5.75 Å². The van der Waals surface area contributed by atoms with Crippen molar-refractivity contribution >= 4 is 0 Å². The molecule has 1 aromatic carbocycles. The lowest BCUT2D eigenvalue weighted by Crippen LogP contribution is -2.35. The average molecular weight is 221 g/mol. The molecule has 2 rings (SSSR count). The normalized spacial score (nSPS) is 24.6. The van der Waals surface area contributed by atoms with Gasteiger partial charge in [-0.1, -0.05) is 18.2 Å². The van der Waals surface area contributed by atoms with Crippen molar-refractivity contribution < 1.29 is 9.84 Å². The van der Waals surface area contributed by atoms with E-state index in [1.54, 1.807) is 7.11 Å². The molecule has 3 nitrogen and oxygen atoms in total. The van der Waals surface area contributed by atoms with Crippen molar-refractivity contribution in [2.45, 2.75) is 38.0 Å². The third kappa shape index (κ3) is 2.54. The molecule has 1 aliphatic rings. The highest BCUT2D eigenvalue weighted by Gasteiger charge is 2.24. The molecule has 0 amide bonds. The van der Waals surface area contributed by atoms with Crippen LogP contribution in [-0.2, 0) is 6.54 Å². The number of aliphatic hydroxyl groups is 1. The van der Waals surface area contributed by atoms with E-state index in [-0.39, 0.29) is 12.1 Å². The number of hydrogen-bond donors (Lipinski definition) is 2. The molecule has 0 radical (unpaired) electrons. The van der Waals surface area contributed by atoms with Crippen molar-refractivity contribution in [3.63, 3.8) is 0 Å². The van der Waals surface area contributed by atoms with Gasteiger partial charge >= 0.3 is 0 Å². The molecule has 1 saturated carbocycles.